The van der Waals surface area contributed by atoms with Crippen molar-refractivity contribution >= 4 is 39.3 Å². The molecular weight excluding hydrogens is 631 g/mol. The second-order valence-electron chi connectivity index (χ2n) is 11.1. The van der Waals surface area contributed by atoms with Crippen molar-refractivity contribution in [3.8, 4) is 5.75 Å². The fourth-order valence-corrected chi connectivity index (χ4v) is 6.88. The van der Waals surface area contributed by atoms with Crippen LogP contribution in [0.2, 0.25) is 0 Å². The summed E-state index contributed by atoms with van der Waals surface area (Å²) >= 11 is 1.51. The van der Waals surface area contributed by atoms with Crippen LogP contribution in [-0.2, 0) is 32.6 Å². The van der Waals surface area contributed by atoms with Crippen LogP contribution < -0.4 is 14.4 Å². The first-order valence-corrected chi connectivity index (χ1v) is 18.4. The molecule has 1 N–H and O–H groups in total. The van der Waals surface area contributed by atoms with Gasteiger partial charge in [0.25, 0.3) is 10.0 Å². The lowest BCUT2D eigenvalue weighted by Crippen LogP contribution is -2.54. The van der Waals surface area contributed by atoms with Crippen LogP contribution in [0, 0.1) is 0 Å². The van der Waals surface area contributed by atoms with Crippen molar-refractivity contribution in [3.63, 3.8) is 0 Å². The summed E-state index contributed by atoms with van der Waals surface area (Å²) in [7, 11) is -4.20. The predicted molar refractivity (Wildman–Crippen MR) is 189 cm³/mol. The molecule has 0 spiro atoms. The molecule has 248 valence electrons. The van der Waals surface area contributed by atoms with E-state index in [1.54, 1.807) is 48.5 Å². The van der Waals surface area contributed by atoms with Crippen molar-refractivity contribution in [1.29, 1.82) is 0 Å². The van der Waals surface area contributed by atoms with Crippen LogP contribution in [0.3, 0.4) is 0 Å². The van der Waals surface area contributed by atoms with Crippen LogP contribution >= 0.6 is 11.8 Å². The highest BCUT2D eigenvalue weighted by atomic mass is 32.2. The Morgan fingerprint density at radius 3 is 1.98 bits per heavy atom. The second kappa shape index (κ2) is 17.0. The molecule has 0 bridgehead atoms. The fraction of sp³-hybridized carbons (Fsp3) is 0.297. The highest BCUT2D eigenvalue weighted by molar-refractivity contribution is 7.98. The van der Waals surface area contributed by atoms with Crippen molar-refractivity contribution in [1.82, 2.24) is 10.2 Å². The van der Waals surface area contributed by atoms with Gasteiger partial charge in [0.1, 0.15) is 18.3 Å². The number of nitrogens with zero attached hydrogens (tertiary/aromatic N) is 2. The Bertz CT molecular complexity index is 1680. The van der Waals surface area contributed by atoms with E-state index in [2.05, 4.69) is 5.32 Å². The molecule has 0 saturated heterocycles. The van der Waals surface area contributed by atoms with Crippen molar-refractivity contribution in [3.05, 3.63) is 120 Å². The molecule has 0 aromatic heterocycles. The lowest BCUT2D eigenvalue weighted by molar-refractivity contribution is -0.140. The molecule has 2 amide bonds. The van der Waals surface area contributed by atoms with E-state index in [9.17, 15) is 18.0 Å². The number of anilines is 1. The molecule has 0 radical (unpaired) electrons. The Morgan fingerprint density at radius 2 is 1.43 bits per heavy atom. The van der Waals surface area contributed by atoms with Gasteiger partial charge in [-0.05, 0) is 86.2 Å². The second-order valence-corrected chi connectivity index (χ2v) is 13.9. The van der Waals surface area contributed by atoms with Gasteiger partial charge >= 0.3 is 0 Å². The largest absolute Gasteiger partial charge is 0.494 e. The Morgan fingerprint density at radius 1 is 0.830 bits per heavy atom. The molecule has 8 nitrogen and oxygen atoms in total. The van der Waals surface area contributed by atoms with Gasteiger partial charge in [0.15, 0.2) is 0 Å². The van der Waals surface area contributed by atoms with Crippen LogP contribution in [0.4, 0.5) is 5.69 Å². The normalized spacial score (nSPS) is 12.5. The predicted octanol–water partition coefficient (Wildman–Crippen LogP) is 6.56. The maximum Gasteiger partial charge on any atom is 0.264 e. The summed E-state index contributed by atoms with van der Waals surface area (Å²) < 4.78 is 35.3. The van der Waals surface area contributed by atoms with E-state index in [0.29, 0.717) is 18.0 Å². The molecule has 4 aromatic rings. The molecule has 0 aliphatic carbocycles. The minimum atomic E-state index is -4.20. The molecule has 0 heterocycles. The lowest BCUT2D eigenvalue weighted by Gasteiger charge is -2.34. The minimum Gasteiger partial charge on any atom is -0.494 e. The Balaban J connectivity index is 1.79. The van der Waals surface area contributed by atoms with Crippen molar-refractivity contribution in [2.24, 2.45) is 0 Å². The number of rotatable bonds is 16. The number of nitrogens with one attached hydrogen (secondary N) is 1. The molecular formula is C37H43N3O5S2. The Hall–Kier alpha value is -4.28. The number of amides is 2. The molecule has 0 fully saturated rings. The third-order valence-corrected chi connectivity index (χ3v) is 10.4. The molecule has 4 aromatic carbocycles. The van der Waals surface area contributed by atoms with E-state index in [-0.39, 0.29) is 29.8 Å². The zero-order valence-corrected chi connectivity index (χ0v) is 29.0. The number of thioether (sulfide) groups is 1. The zero-order valence-electron chi connectivity index (χ0n) is 27.3. The van der Waals surface area contributed by atoms with Crippen molar-refractivity contribution in [2.75, 3.05) is 23.7 Å². The van der Waals surface area contributed by atoms with Gasteiger partial charge in [-0.3, -0.25) is 13.9 Å². The first-order chi connectivity index (χ1) is 22.7. The summed E-state index contributed by atoms with van der Waals surface area (Å²) in [6.07, 6.45) is 2.89. The number of hydrogen-bond donors (Lipinski definition) is 1. The number of carbonyl (C=O) groups is 2. The standard InChI is InChI=1S/C37H43N3O5S2/c1-5-28(3)38-37(42)35(25-29-13-9-7-10-14-29)39(26-30-15-11-8-12-16-30)36(41)27-40(31-17-19-32(20-18-31)45-6-2)47(43,44)34-23-21-33(46-4)22-24-34/h7-24,28,35H,5-6,25-27H2,1-4H3,(H,38,42). The highest BCUT2D eigenvalue weighted by Crippen LogP contribution is 2.28. The maximum absolute atomic E-state index is 14.6. The van der Waals surface area contributed by atoms with Crippen LogP contribution in [0.15, 0.2) is 119 Å². The van der Waals surface area contributed by atoms with Gasteiger partial charge in [-0.15, -0.1) is 11.8 Å². The molecule has 0 saturated carbocycles. The van der Waals surface area contributed by atoms with Crippen LogP contribution in [0.25, 0.3) is 0 Å². The summed E-state index contributed by atoms with van der Waals surface area (Å²) in [5.41, 5.74) is 2.00. The number of sulfonamides is 1. The van der Waals surface area contributed by atoms with Gasteiger partial charge in [-0.2, -0.15) is 0 Å². The van der Waals surface area contributed by atoms with Gasteiger partial charge in [-0.25, -0.2) is 8.42 Å². The van der Waals surface area contributed by atoms with E-state index < -0.39 is 28.5 Å². The summed E-state index contributed by atoms with van der Waals surface area (Å²) in [5.74, 6) is -0.220. The number of ether oxygens (including phenoxy) is 1. The number of benzene rings is 4. The van der Waals surface area contributed by atoms with Crippen LogP contribution in [-0.4, -0.2) is 56.6 Å². The van der Waals surface area contributed by atoms with E-state index in [1.165, 1.54) is 16.7 Å². The smallest absolute Gasteiger partial charge is 0.264 e. The summed E-state index contributed by atoms with van der Waals surface area (Å²) in [5, 5.41) is 3.06. The zero-order chi connectivity index (χ0) is 33.8. The monoisotopic (exact) mass is 673 g/mol. The van der Waals surface area contributed by atoms with Gasteiger partial charge in [0, 0.05) is 23.9 Å². The first-order valence-electron chi connectivity index (χ1n) is 15.7. The average Bonchev–Trinajstić information content (AvgIpc) is 3.10. The third kappa shape index (κ3) is 9.62. The van der Waals surface area contributed by atoms with Gasteiger partial charge in [-0.1, -0.05) is 67.6 Å². The topological polar surface area (TPSA) is 96.0 Å². The van der Waals surface area contributed by atoms with Crippen molar-refractivity contribution < 1.29 is 22.7 Å². The first kappa shape index (κ1) is 35.6. The molecule has 2 atom stereocenters. The molecule has 47 heavy (non-hydrogen) atoms. The summed E-state index contributed by atoms with van der Waals surface area (Å²) in [6.45, 7) is 5.82. The van der Waals surface area contributed by atoms with E-state index in [1.807, 2.05) is 87.7 Å². The maximum atomic E-state index is 14.6. The van der Waals surface area contributed by atoms with E-state index in [4.69, 9.17) is 4.74 Å². The Labute approximate surface area is 283 Å². The van der Waals surface area contributed by atoms with Gasteiger partial charge in [0.2, 0.25) is 11.8 Å². The van der Waals surface area contributed by atoms with Gasteiger partial charge < -0.3 is 15.0 Å². The van der Waals surface area contributed by atoms with E-state index >= 15 is 0 Å². The van der Waals surface area contributed by atoms with Crippen molar-refractivity contribution in [2.45, 2.75) is 62.0 Å². The minimum absolute atomic E-state index is 0.0574. The summed E-state index contributed by atoms with van der Waals surface area (Å²) in [6, 6.07) is 31.1. The number of hydrogen-bond acceptors (Lipinski definition) is 6. The average molecular weight is 674 g/mol. The molecule has 4 rings (SSSR count). The SMILES string of the molecule is CCOc1ccc(N(CC(=O)N(Cc2ccccc2)C(Cc2ccccc2)C(=O)NC(C)CC)S(=O)(=O)c2ccc(SC)cc2)cc1. The third-order valence-electron chi connectivity index (χ3n) is 7.83. The molecule has 0 aliphatic heterocycles. The molecule has 0 aliphatic rings. The van der Waals surface area contributed by atoms with E-state index in [0.717, 1.165) is 26.7 Å². The fourth-order valence-electron chi connectivity index (χ4n) is 5.05. The lowest BCUT2D eigenvalue weighted by atomic mass is 10.0. The molecule has 2 unspecified atom stereocenters. The highest BCUT2D eigenvalue weighted by Gasteiger charge is 2.35. The molecule has 10 heteroatoms. The summed E-state index contributed by atoms with van der Waals surface area (Å²) in [4.78, 5) is 31.0. The Kier molecular flexibility index (Phi) is 12.9. The van der Waals surface area contributed by atoms with Crippen LogP contribution in [0.5, 0.6) is 5.75 Å². The number of carbonyl (C=O) groups excluding carboxylic acids is 2. The van der Waals surface area contributed by atoms with Gasteiger partial charge in [0.05, 0.1) is 17.2 Å². The quantitative estimate of drug-likeness (QED) is 0.136. The van der Waals surface area contributed by atoms with Crippen LogP contribution in [0.1, 0.15) is 38.3 Å².